The fourth-order valence-corrected chi connectivity index (χ4v) is 4.02. The minimum absolute atomic E-state index is 0.00939. The Morgan fingerprint density at radius 3 is 2.14 bits per heavy atom. The largest absolute Gasteiger partial charge is 0.416 e. The molecule has 0 spiro atoms. The molecule has 0 aliphatic rings. The van der Waals surface area contributed by atoms with Gasteiger partial charge in [0, 0.05) is 18.8 Å². The molecular weight excluding hydrogens is 502 g/mol. The van der Waals surface area contributed by atoms with E-state index in [9.17, 15) is 35.9 Å². The van der Waals surface area contributed by atoms with E-state index in [1.165, 1.54) is 9.47 Å². The summed E-state index contributed by atoms with van der Waals surface area (Å²) in [4.78, 5) is 32.1. The maximum Gasteiger partial charge on any atom is 0.416 e. The first-order valence-electron chi connectivity index (χ1n) is 11.6. The van der Waals surface area contributed by atoms with Gasteiger partial charge in [0.1, 0.15) is 5.82 Å². The van der Waals surface area contributed by atoms with Crippen LogP contribution >= 0.6 is 0 Å². The molecule has 0 saturated heterocycles. The van der Waals surface area contributed by atoms with Crippen LogP contribution in [0.2, 0.25) is 0 Å². The Balaban J connectivity index is 2.04. The predicted molar refractivity (Wildman–Crippen MR) is 127 cm³/mol. The topological polar surface area (TPSA) is 67.2 Å². The third kappa shape index (κ3) is 6.23. The summed E-state index contributed by atoms with van der Waals surface area (Å²) in [6.45, 7) is 5.63. The zero-order valence-electron chi connectivity index (χ0n) is 20.4. The number of carbonyl (C=O) groups excluding carboxylic acids is 1. The van der Waals surface area contributed by atoms with Crippen LogP contribution in [0.25, 0.3) is 10.9 Å². The zero-order valence-corrected chi connectivity index (χ0v) is 20.4. The van der Waals surface area contributed by atoms with Crippen molar-refractivity contribution in [1.82, 2.24) is 14.5 Å². The van der Waals surface area contributed by atoms with Gasteiger partial charge in [-0.2, -0.15) is 26.3 Å². The smallest absolute Gasteiger partial charge is 0.315 e. The van der Waals surface area contributed by atoms with Gasteiger partial charge in [-0.3, -0.25) is 9.36 Å². The van der Waals surface area contributed by atoms with E-state index >= 15 is 0 Å². The number of benzene rings is 2. The van der Waals surface area contributed by atoms with Gasteiger partial charge in [-0.05, 0) is 50.1 Å². The van der Waals surface area contributed by atoms with Crippen molar-refractivity contribution in [1.29, 1.82) is 0 Å². The lowest BCUT2D eigenvalue weighted by Crippen LogP contribution is -2.40. The van der Waals surface area contributed by atoms with Crippen LogP contribution in [0.4, 0.5) is 36.8 Å². The van der Waals surface area contributed by atoms with E-state index < -0.39 is 41.2 Å². The van der Waals surface area contributed by atoms with Crippen LogP contribution in [-0.2, 0) is 18.9 Å². The monoisotopic (exact) mass is 528 g/mol. The fourth-order valence-electron chi connectivity index (χ4n) is 4.02. The van der Waals surface area contributed by atoms with Gasteiger partial charge in [-0.15, -0.1) is 0 Å². The lowest BCUT2D eigenvalue weighted by Gasteiger charge is -2.30. The van der Waals surface area contributed by atoms with Crippen molar-refractivity contribution < 1.29 is 31.1 Å². The Hall–Kier alpha value is -3.57. The van der Waals surface area contributed by atoms with Crippen LogP contribution in [0, 0.1) is 0 Å². The number of carbonyl (C=O) groups is 1. The highest BCUT2D eigenvalue weighted by Crippen LogP contribution is 2.37. The first kappa shape index (κ1) is 28.0. The van der Waals surface area contributed by atoms with E-state index in [0.717, 1.165) is 0 Å². The first-order valence-corrected chi connectivity index (χ1v) is 11.6. The Kier molecular flexibility index (Phi) is 8.19. The van der Waals surface area contributed by atoms with E-state index in [4.69, 9.17) is 0 Å². The second-order valence-corrected chi connectivity index (χ2v) is 8.54. The molecule has 0 radical (unpaired) electrons. The van der Waals surface area contributed by atoms with Crippen molar-refractivity contribution in [3.8, 4) is 0 Å². The van der Waals surface area contributed by atoms with Gasteiger partial charge in [-0.25, -0.2) is 9.78 Å². The van der Waals surface area contributed by atoms with Crippen LogP contribution in [0.5, 0.6) is 0 Å². The molecule has 0 aliphatic heterocycles. The van der Waals surface area contributed by atoms with Gasteiger partial charge in [-0.1, -0.05) is 26.0 Å². The highest BCUT2D eigenvalue weighted by molar-refractivity contribution is 5.90. The molecule has 2 amide bonds. The SMILES string of the molecule is CCCN(C(=O)Nc1cc(C(F)(F)F)cc(C(F)(F)F)c1)C(C)c1nc2ccccc2c(=O)n1CCC. The number of hydrogen-bond acceptors (Lipinski definition) is 3. The quantitative estimate of drug-likeness (QED) is 0.341. The number of alkyl halides is 6. The number of rotatable bonds is 7. The molecule has 6 nitrogen and oxygen atoms in total. The minimum Gasteiger partial charge on any atom is -0.315 e. The van der Waals surface area contributed by atoms with Crippen molar-refractivity contribution in [3.05, 3.63) is 69.8 Å². The Morgan fingerprint density at radius 1 is 1.00 bits per heavy atom. The number of hydrogen-bond donors (Lipinski definition) is 1. The standard InChI is InChI=1S/C25H26F6N4O2/c1-4-10-34(15(3)21-33-20-9-7-6-8-19(20)22(36)35(21)11-5-2)23(37)32-18-13-16(24(26,27)28)12-17(14-18)25(29,30)31/h6-9,12-15H,4-5,10-11H2,1-3H3,(H,32,37). The number of amides is 2. The van der Waals surface area contributed by atoms with Gasteiger partial charge >= 0.3 is 18.4 Å². The van der Waals surface area contributed by atoms with E-state index in [-0.39, 0.29) is 24.0 Å². The summed E-state index contributed by atoms with van der Waals surface area (Å²) in [7, 11) is 0. The summed E-state index contributed by atoms with van der Waals surface area (Å²) in [5.74, 6) is 0.258. The lowest BCUT2D eigenvalue weighted by molar-refractivity contribution is -0.143. The van der Waals surface area contributed by atoms with Crippen LogP contribution in [0.1, 0.15) is 56.6 Å². The molecule has 3 aromatic rings. The van der Waals surface area contributed by atoms with E-state index in [1.807, 2.05) is 6.92 Å². The summed E-state index contributed by atoms with van der Waals surface area (Å²) >= 11 is 0. The molecule has 200 valence electrons. The van der Waals surface area contributed by atoms with Gasteiger partial charge in [0.15, 0.2) is 0 Å². The van der Waals surface area contributed by atoms with Crippen LogP contribution in [0.3, 0.4) is 0 Å². The molecule has 37 heavy (non-hydrogen) atoms. The van der Waals surface area contributed by atoms with Gasteiger partial charge in [0.2, 0.25) is 0 Å². The molecular formula is C25H26F6N4O2. The maximum atomic E-state index is 13.3. The van der Waals surface area contributed by atoms with Crippen molar-refractivity contribution in [2.24, 2.45) is 0 Å². The predicted octanol–water partition coefficient (Wildman–Crippen LogP) is 6.85. The Labute approximate surface area is 208 Å². The van der Waals surface area contributed by atoms with Crippen molar-refractivity contribution in [2.75, 3.05) is 11.9 Å². The molecule has 0 bridgehead atoms. The average Bonchev–Trinajstić information content (AvgIpc) is 2.82. The third-order valence-electron chi connectivity index (χ3n) is 5.74. The molecule has 1 atom stereocenters. The molecule has 0 saturated carbocycles. The van der Waals surface area contributed by atoms with Gasteiger partial charge < -0.3 is 10.2 Å². The summed E-state index contributed by atoms with van der Waals surface area (Å²) in [6.07, 6.45) is -9.09. The highest BCUT2D eigenvalue weighted by atomic mass is 19.4. The molecule has 1 N–H and O–H groups in total. The number of nitrogens with zero attached hydrogens (tertiary/aromatic N) is 3. The number of aromatic nitrogens is 2. The molecule has 0 fully saturated rings. The fraction of sp³-hybridized carbons (Fsp3) is 0.400. The highest BCUT2D eigenvalue weighted by Gasteiger charge is 2.37. The Morgan fingerprint density at radius 2 is 1.59 bits per heavy atom. The summed E-state index contributed by atoms with van der Waals surface area (Å²) in [6, 6.07) is 5.82. The number of anilines is 1. The van der Waals surface area contributed by atoms with E-state index in [1.54, 1.807) is 38.1 Å². The number of fused-ring (bicyclic) bond motifs is 1. The molecule has 12 heteroatoms. The lowest BCUT2D eigenvalue weighted by atomic mass is 10.1. The summed E-state index contributed by atoms with van der Waals surface area (Å²) in [5, 5.41) is 2.57. The number of para-hydroxylation sites is 1. The van der Waals surface area contributed by atoms with E-state index in [0.29, 0.717) is 42.4 Å². The van der Waals surface area contributed by atoms with E-state index in [2.05, 4.69) is 10.3 Å². The number of nitrogens with one attached hydrogen (secondary N) is 1. The van der Waals surface area contributed by atoms with Crippen LogP contribution in [0.15, 0.2) is 47.3 Å². The summed E-state index contributed by atoms with van der Waals surface area (Å²) in [5.41, 5.74) is -3.63. The Bertz CT molecular complexity index is 1300. The number of halogens is 6. The van der Waals surface area contributed by atoms with Gasteiger partial charge in [0.05, 0.1) is 28.1 Å². The molecule has 1 unspecified atom stereocenters. The molecule has 1 heterocycles. The molecule has 1 aromatic heterocycles. The normalized spacial score (nSPS) is 13.0. The van der Waals surface area contributed by atoms with Crippen molar-refractivity contribution >= 4 is 22.6 Å². The second-order valence-electron chi connectivity index (χ2n) is 8.54. The molecule has 0 aliphatic carbocycles. The third-order valence-corrected chi connectivity index (χ3v) is 5.74. The minimum atomic E-state index is -5.05. The average molecular weight is 528 g/mol. The zero-order chi connectivity index (χ0) is 27.5. The maximum absolute atomic E-state index is 13.3. The second kappa shape index (κ2) is 10.8. The molecule has 2 aromatic carbocycles. The summed E-state index contributed by atoms with van der Waals surface area (Å²) < 4.78 is 81.0. The van der Waals surface area contributed by atoms with Crippen LogP contribution in [-0.4, -0.2) is 27.0 Å². The van der Waals surface area contributed by atoms with Crippen LogP contribution < -0.4 is 10.9 Å². The van der Waals surface area contributed by atoms with Gasteiger partial charge in [0.25, 0.3) is 5.56 Å². The number of urea groups is 1. The molecule has 3 rings (SSSR count). The first-order chi connectivity index (χ1) is 17.3. The van der Waals surface area contributed by atoms with Crippen molar-refractivity contribution in [2.45, 2.75) is 58.6 Å². The van der Waals surface area contributed by atoms with Crippen molar-refractivity contribution in [3.63, 3.8) is 0 Å².